The second-order valence-corrected chi connectivity index (χ2v) is 2.36. The van der Waals surface area contributed by atoms with E-state index in [-0.39, 0.29) is 0 Å². The Morgan fingerprint density at radius 3 is 2.92 bits per heavy atom. The van der Waals surface area contributed by atoms with Crippen molar-refractivity contribution in [3.05, 3.63) is 30.8 Å². The highest BCUT2D eigenvalue weighted by Gasteiger charge is 2.05. The third-order valence-corrected chi connectivity index (χ3v) is 1.53. The zero-order valence-corrected chi connectivity index (χ0v) is 6.27. The van der Waals surface area contributed by atoms with Crippen LogP contribution in [0.15, 0.2) is 35.3 Å². The average molecular weight is 161 g/mol. The summed E-state index contributed by atoms with van der Waals surface area (Å²) >= 11 is 0. The molecule has 2 rings (SSSR count). The molecule has 0 unspecified atom stereocenters. The number of nitrogens with two attached hydrogens (primary N) is 1. The lowest BCUT2D eigenvalue weighted by molar-refractivity contribution is 0.422. The lowest BCUT2D eigenvalue weighted by atomic mass is 10.2. The van der Waals surface area contributed by atoms with Crippen LogP contribution in [-0.2, 0) is 0 Å². The van der Waals surface area contributed by atoms with Gasteiger partial charge >= 0.3 is 0 Å². The van der Waals surface area contributed by atoms with Gasteiger partial charge in [0.25, 0.3) is 0 Å². The molecule has 0 amide bonds. The molecule has 0 atom stereocenters. The SMILES string of the molecule is Nc1conc1-c1cccnc1. The van der Waals surface area contributed by atoms with Crippen LogP contribution in [0.5, 0.6) is 0 Å². The summed E-state index contributed by atoms with van der Waals surface area (Å²) in [6, 6.07) is 3.70. The van der Waals surface area contributed by atoms with E-state index in [4.69, 9.17) is 10.3 Å². The molecule has 0 aromatic carbocycles. The first kappa shape index (κ1) is 6.84. The summed E-state index contributed by atoms with van der Waals surface area (Å²) < 4.78 is 4.70. The van der Waals surface area contributed by atoms with Crippen molar-refractivity contribution in [3.8, 4) is 11.3 Å². The van der Waals surface area contributed by atoms with E-state index in [1.165, 1.54) is 6.26 Å². The number of aromatic nitrogens is 2. The molecule has 0 saturated heterocycles. The molecule has 0 bridgehead atoms. The summed E-state index contributed by atoms with van der Waals surface area (Å²) in [5.74, 6) is 0. The highest BCUT2D eigenvalue weighted by molar-refractivity contribution is 5.70. The zero-order chi connectivity index (χ0) is 8.39. The van der Waals surface area contributed by atoms with Gasteiger partial charge in [-0.1, -0.05) is 5.16 Å². The highest BCUT2D eigenvalue weighted by atomic mass is 16.5. The van der Waals surface area contributed by atoms with E-state index in [0.717, 1.165) is 5.56 Å². The van der Waals surface area contributed by atoms with E-state index in [2.05, 4.69) is 10.1 Å². The molecule has 2 heterocycles. The van der Waals surface area contributed by atoms with Crippen molar-refractivity contribution < 1.29 is 4.52 Å². The predicted molar refractivity (Wildman–Crippen MR) is 44.1 cm³/mol. The molecule has 0 saturated carbocycles. The van der Waals surface area contributed by atoms with Gasteiger partial charge < -0.3 is 10.3 Å². The van der Waals surface area contributed by atoms with E-state index in [9.17, 15) is 0 Å². The van der Waals surface area contributed by atoms with E-state index in [1.807, 2.05) is 12.1 Å². The minimum absolute atomic E-state index is 0.531. The van der Waals surface area contributed by atoms with Crippen molar-refractivity contribution in [2.75, 3.05) is 5.73 Å². The average Bonchev–Trinajstić information content (AvgIpc) is 2.53. The first-order valence-corrected chi connectivity index (χ1v) is 3.48. The van der Waals surface area contributed by atoms with Gasteiger partial charge in [0.05, 0.1) is 0 Å². The van der Waals surface area contributed by atoms with Gasteiger partial charge in [-0.2, -0.15) is 0 Å². The van der Waals surface area contributed by atoms with Gasteiger partial charge in [-0.15, -0.1) is 0 Å². The van der Waals surface area contributed by atoms with Crippen LogP contribution in [0.25, 0.3) is 11.3 Å². The molecule has 0 aliphatic rings. The maximum atomic E-state index is 5.59. The molecule has 0 spiro atoms. The van der Waals surface area contributed by atoms with Crippen molar-refractivity contribution in [2.45, 2.75) is 0 Å². The molecule has 60 valence electrons. The highest BCUT2D eigenvalue weighted by Crippen LogP contribution is 2.21. The Morgan fingerprint density at radius 1 is 1.42 bits per heavy atom. The second-order valence-electron chi connectivity index (χ2n) is 2.36. The van der Waals surface area contributed by atoms with Crippen molar-refractivity contribution in [2.24, 2.45) is 0 Å². The summed E-state index contributed by atoms with van der Waals surface area (Å²) in [5, 5.41) is 3.75. The van der Waals surface area contributed by atoms with E-state index in [1.54, 1.807) is 12.4 Å². The third-order valence-electron chi connectivity index (χ3n) is 1.53. The van der Waals surface area contributed by atoms with Gasteiger partial charge in [0.1, 0.15) is 17.6 Å². The summed E-state index contributed by atoms with van der Waals surface area (Å²) in [7, 11) is 0. The standard InChI is InChI=1S/C8H7N3O/c9-7-5-12-11-8(7)6-2-1-3-10-4-6/h1-5H,9H2. The van der Waals surface area contributed by atoms with Gasteiger partial charge in [0, 0.05) is 18.0 Å². The molecule has 2 N–H and O–H groups in total. The third kappa shape index (κ3) is 1.03. The van der Waals surface area contributed by atoms with Crippen LogP contribution in [-0.4, -0.2) is 10.1 Å². The number of nitrogens with zero attached hydrogens (tertiary/aromatic N) is 2. The van der Waals surface area contributed by atoms with Crippen LogP contribution in [0.3, 0.4) is 0 Å². The summed E-state index contributed by atoms with van der Waals surface area (Å²) in [6.07, 6.45) is 4.79. The number of hydrogen-bond acceptors (Lipinski definition) is 4. The van der Waals surface area contributed by atoms with Crippen LogP contribution in [0.1, 0.15) is 0 Å². The number of rotatable bonds is 1. The van der Waals surface area contributed by atoms with Crippen LogP contribution in [0.2, 0.25) is 0 Å². The van der Waals surface area contributed by atoms with E-state index < -0.39 is 0 Å². The molecule has 4 heteroatoms. The normalized spacial score (nSPS) is 10.0. The van der Waals surface area contributed by atoms with Gasteiger partial charge in [-0.05, 0) is 12.1 Å². The maximum Gasteiger partial charge on any atom is 0.147 e. The quantitative estimate of drug-likeness (QED) is 0.685. The summed E-state index contributed by atoms with van der Waals surface area (Å²) in [4.78, 5) is 3.94. The molecule has 0 radical (unpaired) electrons. The second kappa shape index (κ2) is 2.65. The Hall–Kier alpha value is -1.84. The first-order valence-electron chi connectivity index (χ1n) is 3.48. The van der Waals surface area contributed by atoms with Crippen molar-refractivity contribution in [1.29, 1.82) is 0 Å². The van der Waals surface area contributed by atoms with Crippen LogP contribution in [0, 0.1) is 0 Å². The predicted octanol–water partition coefficient (Wildman–Crippen LogP) is 1.32. The van der Waals surface area contributed by atoms with Gasteiger partial charge in [0.15, 0.2) is 0 Å². The number of anilines is 1. The zero-order valence-electron chi connectivity index (χ0n) is 6.27. The number of nitrogen functional groups attached to an aromatic ring is 1. The molecule has 2 aromatic heterocycles. The Kier molecular flexibility index (Phi) is 1.51. The molecule has 2 aromatic rings. The number of pyridine rings is 1. The van der Waals surface area contributed by atoms with E-state index in [0.29, 0.717) is 11.4 Å². The molecular formula is C8H7N3O. The monoisotopic (exact) mass is 161 g/mol. The van der Waals surface area contributed by atoms with E-state index >= 15 is 0 Å². The van der Waals surface area contributed by atoms with Crippen molar-refractivity contribution in [1.82, 2.24) is 10.1 Å². The van der Waals surface area contributed by atoms with Crippen LogP contribution >= 0.6 is 0 Å². The van der Waals surface area contributed by atoms with Crippen molar-refractivity contribution in [3.63, 3.8) is 0 Å². The molecule has 4 nitrogen and oxygen atoms in total. The Bertz CT molecular complexity index is 369. The van der Waals surface area contributed by atoms with Crippen molar-refractivity contribution >= 4 is 5.69 Å². The van der Waals surface area contributed by atoms with Crippen LogP contribution in [0.4, 0.5) is 5.69 Å². The topological polar surface area (TPSA) is 64.9 Å². The molecule has 12 heavy (non-hydrogen) atoms. The molecule has 0 fully saturated rings. The molecule has 0 aliphatic carbocycles. The van der Waals surface area contributed by atoms with Gasteiger partial charge in [-0.25, -0.2) is 0 Å². The lowest BCUT2D eigenvalue weighted by Gasteiger charge is -1.93. The molecular weight excluding hydrogens is 154 g/mol. The van der Waals surface area contributed by atoms with Gasteiger partial charge in [-0.3, -0.25) is 4.98 Å². The maximum absolute atomic E-state index is 5.59. The van der Waals surface area contributed by atoms with Crippen LogP contribution < -0.4 is 5.73 Å². The minimum Gasteiger partial charge on any atom is -0.394 e. The first-order chi connectivity index (χ1) is 5.88. The Balaban J connectivity index is 2.51. The fourth-order valence-corrected chi connectivity index (χ4v) is 0.967. The van der Waals surface area contributed by atoms with Gasteiger partial charge in [0.2, 0.25) is 0 Å². The number of hydrogen-bond donors (Lipinski definition) is 1. The largest absolute Gasteiger partial charge is 0.394 e. The smallest absolute Gasteiger partial charge is 0.147 e. The lowest BCUT2D eigenvalue weighted by Crippen LogP contribution is -1.86. The molecule has 0 aliphatic heterocycles. The summed E-state index contributed by atoms with van der Waals surface area (Å²) in [6.45, 7) is 0. The Labute approximate surface area is 69.0 Å². The summed E-state index contributed by atoms with van der Waals surface area (Å²) in [5.41, 5.74) is 7.63. The fraction of sp³-hybridized carbons (Fsp3) is 0. The fourth-order valence-electron chi connectivity index (χ4n) is 0.967. The Morgan fingerprint density at radius 2 is 2.33 bits per heavy atom. The minimum atomic E-state index is 0.531.